The zero-order valence-corrected chi connectivity index (χ0v) is 23.3. The van der Waals surface area contributed by atoms with Crippen molar-refractivity contribution in [2.45, 2.75) is 84.8 Å². The zero-order valence-electron chi connectivity index (χ0n) is 23.3. The van der Waals surface area contributed by atoms with E-state index in [1.54, 1.807) is 4.90 Å². The first-order chi connectivity index (χ1) is 17.0. The van der Waals surface area contributed by atoms with Gasteiger partial charge in [0.25, 0.3) is 0 Å². The standard InChI is InChI=1S/C30H45N3O3/c1-20(2)18-26-27-24(23-10-8-9-11-25(23)32(27)7)16-17-33(26)28(34)22-14-12-21(13-15-22)19-31(6)29(35)36-30(3,4)5/h8-11,20-22,26H,12-19H2,1-7H3. The van der Waals surface area contributed by atoms with Crippen molar-refractivity contribution in [1.82, 2.24) is 14.4 Å². The molecule has 0 bridgehead atoms. The van der Waals surface area contributed by atoms with Crippen molar-refractivity contribution in [3.8, 4) is 0 Å². The molecule has 0 N–H and O–H groups in total. The van der Waals surface area contributed by atoms with Gasteiger partial charge >= 0.3 is 6.09 Å². The molecular formula is C30H45N3O3. The van der Waals surface area contributed by atoms with Crippen molar-refractivity contribution in [2.24, 2.45) is 24.8 Å². The average molecular weight is 496 g/mol. The molecule has 1 atom stereocenters. The third-order valence-electron chi connectivity index (χ3n) is 7.97. The minimum Gasteiger partial charge on any atom is -0.444 e. The molecule has 1 fully saturated rings. The molecule has 2 amide bonds. The van der Waals surface area contributed by atoms with E-state index in [9.17, 15) is 9.59 Å². The maximum absolute atomic E-state index is 13.9. The lowest BCUT2D eigenvalue weighted by molar-refractivity contribution is -0.140. The predicted octanol–water partition coefficient (Wildman–Crippen LogP) is 6.32. The van der Waals surface area contributed by atoms with E-state index in [4.69, 9.17) is 4.74 Å². The van der Waals surface area contributed by atoms with Crippen LogP contribution in [-0.2, 0) is 23.0 Å². The molecule has 1 aromatic carbocycles. The number of amides is 2. The summed E-state index contributed by atoms with van der Waals surface area (Å²) < 4.78 is 7.84. The molecular weight excluding hydrogens is 450 g/mol. The summed E-state index contributed by atoms with van der Waals surface area (Å²) in [6.07, 6.45) is 5.40. The Morgan fingerprint density at radius 2 is 1.78 bits per heavy atom. The molecule has 2 aliphatic rings. The maximum atomic E-state index is 13.9. The second-order valence-electron chi connectivity index (χ2n) is 12.4. The predicted molar refractivity (Wildman–Crippen MR) is 145 cm³/mol. The SMILES string of the molecule is CC(C)CC1c2c(c3ccccc3n2C)CCN1C(=O)C1CCC(CN(C)C(=O)OC(C)(C)C)CC1. The van der Waals surface area contributed by atoms with Crippen molar-refractivity contribution >= 4 is 22.9 Å². The topological polar surface area (TPSA) is 54.8 Å². The number of carbonyl (C=O) groups excluding carboxylic acids is 2. The van der Waals surface area contributed by atoms with Gasteiger partial charge in [-0.25, -0.2) is 4.79 Å². The Morgan fingerprint density at radius 3 is 2.42 bits per heavy atom. The first kappa shape index (κ1) is 26.6. The number of aromatic nitrogens is 1. The van der Waals surface area contributed by atoms with E-state index in [0.29, 0.717) is 24.3 Å². The summed E-state index contributed by atoms with van der Waals surface area (Å²) in [5.41, 5.74) is 3.54. The van der Waals surface area contributed by atoms with Gasteiger partial charge in [-0.3, -0.25) is 4.79 Å². The monoisotopic (exact) mass is 495 g/mol. The fourth-order valence-corrected chi connectivity index (χ4v) is 6.29. The molecule has 0 radical (unpaired) electrons. The van der Waals surface area contributed by atoms with Gasteiger partial charge in [-0.1, -0.05) is 32.0 Å². The fourth-order valence-electron chi connectivity index (χ4n) is 6.29. The molecule has 1 aliphatic heterocycles. The molecule has 1 aromatic heterocycles. The Morgan fingerprint density at radius 1 is 1.11 bits per heavy atom. The number of hydrogen-bond acceptors (Lipinski definition) is 3. The van der Waals surface area contributed by atoms with Crippen LogP contribution in [0.25, 0.3) is 10.9 Å². The highest BCUT2D eigenvalue weighted by molar-refractivity contribution is 5.87. The summed E-state index contributed by atoms with van der Waals surface area (Å²) in [5, 5.41) is 1.34. The van der Waals surface area contributed by atoms with Crippen LogP contribution in [0.15, 0.2) is 24.3 Å². The molecule has 1 unspecified atom stereocenters. The lowest BCUT2D eigenvalue weighted by Crippen LogP contribution is -2.45. The van der Waals surface area contributed by atoms with E-state index in [2.05, 4.69) is 54.6 Å². The number of hydrogen-bond donors (Lipinski definition) is 0. The Balaban J connectivity index is 1.44. The van der Waals surface area contributed by atoms with Crippen LogP contribution in [0.4, 0.5) is 4.79 Å². The summed E-state index contributed by atoms with van der Waals surface area (Å²) in [6.45, 7) is 11.7. The summed E-state index contributed by atoms with van der Waals surface area (Å²) >= 11 is 0. The van der Waals surface area contributed by atoms with Crippen LogP contribution in [0.2, 0.25) is 0 Å². The van der Waals surface area contributed by atoms with E-state index in [0.717, 1.165) is 45.1 Å². The number of ether oxygens (including phenoxy) is 1. The number of aryl methyl sites for hydroxylation is 1. The molecule has 198 valence electrons. The number of carbonyl (C=O) groups is 2. The molecule has 1 saturated carbocycles. The maximum Gasteiger partial charge on any atom is 0.410 e. The van der Waals surface area contributed by atoms with E-state index < -0.39 is 5.60 Å². The van der Waals surface area contributed by atoms with Crippen molar-refractivity contribution in [3.05, 3.63) is 35.5 Å². The number of fused-ring (bicyclic) bond motifs is 3. The molecule has 2 heterocycles. The smallest absolute Gasteiger partial charge is 0.410 e. The van der Waals surface area contributed by atoms with E-state index >= 15 is 0 Å². The number of nitrogens with zero attached hydrogens (tertiary/aromatic N) is 3. The van der Waals surface area contributed by atoms with E-state index in [1.807, 2.05) is 27.8 Å². The molecule has 36 heavy (non-hydrogen) atoms. The normalized spacial score (nSPS) is 22.6. The van der Waals surface area contributed by atoms with Crippen LogP contribution < -0.4 is 0 Å². The van der Waals surface area contributed by atoms with Crippen LogP contribution in [0.5, 0.6) is 0 Å². The number of rotatable bonds is 5. The lowest BCUT2D eigenvalue weighted by Gasteiger charge is -2.41. The van der Waals surface area contributed by atoms with Crippen LogP contribution in [-0.4, -0.2) is 52.1 Å². The van der Waals surface area contributed by atoms with Crippen LogP contribution in [0.1, 0.15) is 84.0 Å². The third-order valence-corrected chi connectivity index (χ3v) is 7.97. The third kappa shape index (κ3) is 5.57. The van der Waals surface area contributed by atoms with Crippen LogP contribution in [0, 0.1) is 17.8 Å². The van der Waals surface area contributed by atoms with Crippen molar-refractivity contribution in [3.63, 3.8) is 0 Å². The number of benzene rings is 1. The van der Waals surface area contributed by atoms with Crippen molar-refractivity contribution in [2.75, 3.05) is 20.1 Å². The van der Waals surface area contributed by atoms with Crippen LogP contribution in [0.3, 0.4) is 0 Å². The highest BCUT2D eigenvalue weighted by Crippen LogP contribution is 2.41. The van der Waals surface area contributed by atoms with Gasteiger partial charge in [0, 0.05) is 49.7 Å². The Kier molecular flexibility index (Phi) is 7.72. The lowest BCUT2D eigenvalue weighted by atomic mass is 9.80. The highest BCUT2D eigenvalue weighted by atomic mass is 16.6. The fraction of sp³-hybridized carbons (Fsp3) is 0.667. The largest absolute Gasteiger partial charge is 0.444 e. The minimum absolute atomic E-state index is 0.0824. The molecule has 1 aliphatic carbocycles. The highest BCUT2D eigenvalue weighted by Gasteiger charge is 2.38. The Bertz CT molecular complexity index is 1090. The molecule has 0 saturated heterocycles. The second kappa shape index (κ2) is 10.5. The quantitative estimate of drug-likeness (QED) is 0.487. The van der Waals surface area contributed by atoms with Gasteiger partial charge < -0.3 is 19.1 Å². The van der Waals surface area contributed by atoms with Gasteiger partial charge in [0.1, 0.15) is 5.60 Å². The summed E-state index contributed by atoms with van der Waals surface area (Å²) in [5.74, 6) is 1.34. The van der Waals surface area contributed by atoms with Crippen molar-refractivity contribution < 1.29 is 14.3 Å². The summed E-state index contributed by atoms with van der Waals surface area (Å²) in [6, 6.07) is 8.79. The van der Waals surface area contributed by atoms with Crippen molar-refractivity contribution in [1.29, 1.82) is 0 Å². The van der Waals surface area contributed by atoms with Gasteiger partial charge in [-0.15, -0.1) is 0 Å². The van der Waals surface area contributed by atoms with Crippen LogP contribution >= 0.6 is 0 Å². The molecule has 6 heteroatoms. The summed E-state index contributed by atoms with van der Waals surface area (Å²) in [7, 11) is 3.98. The second-order valence-corrected chi connectivity index (χ2v) is 12.4. The van der Waals surface area contributed by atoms with E-state index in [1.165, 1.54) is 22.2 Å². The zero-order chi connectivity index (χ0) is 26.2. The Hall–Kier alpha value is -2.50. The molecule has 4 rings (SSSR count). The van der Waals surface area contributed by atoms with Gasteiger partial charge in [0.05, 0.1) is 6.04 Å². The summed E-state index contributed by atoms with van der Waals surface area (Å²) in [4.78, 5) is 30.2. The first-order valence-electron chi connectivity index (χ1n) is 13.8. The average Bonchev–Trinajstić information content (AvgIpc) is 3.10. The Labute approximate surface area is 217 Å². The molecule has 2 aromatic rings. The molecule has 0 spiro atoms. The van der Waals surface area contributed by atoms with Gasteiger partial charge in [0.15, 0.2) is 0 Å². The van der Waals surface area contributed by atoms with Gasteiger partial charge in [-0.2, -0.15) is 0 Å². The first-order valence-corrected chi connectivity index (χ1v) is 13.8. The van der Waals surface area contributed by atoms with E-state index in [-0.39, 0.29) is 18.1 Å². The van der Waals surface area contributed by atoms with Gasteiger partial charge in [-0.05, 0) is 82.8 Å². The minimum atomic E-state index is -0.486. The van der Waals surface area contributed by atoms with Gasteiger partial charge in [0.2, 0.25) is 5.91 Å². The molecule has 6 nitrogen and oxygen atoms in total. The number of para-hydroxylation sites is 1.